The number of allylic oxidation sites excluding steroid dienone is 1. The highest BCUT2D eigenvalue weighted by Gasteiger charge is 2.44. The Hall–Kier alpha value is -3.43. The van der Waals surface area contributed by atoms with Gasteiger partial charge in [0.25, 0.3) is 5.91 Å². The number of aromatic amines is 1. The molecular weight excluding hydrogens is 384 g/mol. The van der Waals surface area contributed by atoms with Crippen molar-refractivity contribution in [2.45, 2.75) is 38.3 Å². The summed E-state index contributed by atoms with van der Waals surface area (Å²) in [6, 6.07) is 11.3. The van der Waals surface area contributed by atoms with Gasteiger partial charge >= 0.3 is 0 Å². The molecule has 0 saturated carbocycles. The number of aliphatic hydroxyl groups excluding tert-OH is 1. The van der Waals surface area contributed by atoms with Crippen LogP contribution in [0.15, 0.2) is 60.1 Å². The molecule has 30 heavy (non-hydrogen) atoms. The van der Waals surface area contributed by atoms with Gasteiger partial charge in [0, 0.05) is 42.2 Å². The molecule has 0 radical (unpaired) electrons. The maximum Gasteiger partial charge on any atom is 0.252 e. The van der Waals surface area contributed by atoms with Crippen LogP contribution in [0.4, 0.5) is 0 Å². The minimum Gasteiger partial charge on any atom is -0.402 e. The van der Waals surface area contributed by atoms with E-state index >= 15 is 0 Å². The number of carbonyl (C=O) groups excluding carboxylic acids is 1. The Morgan fingerprint density at radius 1 is 1.40 bits per heavy atom. The fourth-order valence-electron chi connectivity index (χ4n) is 3.70. The second-order valence-electron chi connectivity index (χ2n) is 7.33. The summed E-state index contributed by atoms with van der Waals surface area (Å²) >= 11 is 0. The minimum atomic E-state index is -1.01. The number of aromatic nitrogens is 2. The average Bonchev–Trinajstić information content (AvgIpc) is 3.45. The molecule has 0 unspecified atom stereocenters. The van der Waals surface area contributed by atoms with Crippen molar-refractivity contribution in [3.63, 3.8) is 0 Å². The van der Waals surface area contributed by atoms with E-state index in [0.717, 1.165) is 5.56 Å². The van der Waals surface area contributed by atoms with Crippen LogP contribution in [-0.2, 0) is 16.1 Å². The molecule has 6 N–H and O–H groups in total. The molecule has 1 aromatic heterocycles. The number of carbonyl (C=O) groups is 1. The molecule has 0 aliphatic carbocycles. The predicted molar refractivity (Wildman–Crippen MR) is 111 cm³/mol. The van der Waals surface area contributed by atoms with Gasteiger partial charge in [-0.05, 0) is 18.6 Å². The van der Waals surface area contributed by atoms with Crippen molar-refractivity contribution >= 4 is 17.3 Å². The van der Waals surface area contributed by atoms with Crippen LogP contribution in [0.1, 0.15) is 24.6 Å². The van der Waals surface area contributed by atoms with Gasteiger partial charge in [-0.2, -0.15) is 5.10 Å². The number of nitrogens with two attached hydrogens (primary N) is 1. The van der Waals surface area contributed by atoms with Crippen molar-refractivity contribution in [3.05, 3.63) is 71.3 Å². The summed E-state index contributed by atoms with van der Waals surface area (Å²) in [5, 5.41) is 28.7. The summed E-state index contributed by atoms with van der Waals surface area (Å²) in [4.78, 5) is 14.2. The molecule has 3 atom stereocenters. The van der Waals surface area contributed by atoms with Crippen LogP contribution in [0.3, 0.4) is 0 Å². The van der Waals surface area contributed by atoms with Crippen molar-refractivity contribution in [1.29, 1.82) is 5.41 Å². The van der Waals surface area contributed by atoms with Crippen LogP contribution in [0.2, 0.25) is 0 Å². The van der Waals surface area contributed by atoms with Crippen molar-refractivity contribution in [1.82, 2.24) is 20.4 Å². The second kappa shape index (κ2) is 8.13. The van der Waals surface area contributed by atoms with Crippen LogP contribution >= 0.6 is 0 Å². The number of hydrogen-bond acceptors (Lipinski definition) is 6. The maximum absolute atomic E-state index is 12.6. The smallest absolute Gasteiger partial charge is 0.252 e. The van der Waals surface area contributed by atoms with Gasteiger partial charge in [-0.15, -0.1) is 0 Å². The van der Waals surface area contributed by atoms with E-state index in [4.69, 9.17) is 15.9 Å². The summed E-state index contributed by atoms with van der Waals surface area (Å²) in [5.41, 5.74) is 9.35. The predicted octanol–water partition coefficient (Wildman–Crippen LogP) is 1.07. The van der Waals surface area contributed by atoms with Gasteiger partial charge in [-0.3, -0.25) is 15.3 Å². The third-order valence-electron chi connectivity index (χ3n) is 5.18. The number of rotatable bonds is 5. The van der Waals surface area contributed by atoms with E-state index in [2.05, 4.69) is 15.5 Å². The monoisotopic (exact) mass is 408 g/mol. The largest absolute Gasteiger partial charge is 0.402 e. The topological polar surface area (TPSA) is 140 Å². The van der Waals surface area contributed by atoms with Crippen molar-refractivity contribution in [2.24, 2.45) is 5.73 Å². The Bertz CT molecular complexity index is 995. The molecule has 156 valence electrons. The van der Waals surface area contributed by atoms with E-state index in [-0.39, 0.29) is 18.2 Å². The van der Waals surface area contributed by atoms with Crippen molar-refractivity contribution < 1.29 is 14.6 Å². The number of nitrogens with one attached hydrogen (secondary N) is 3. The van der Waals surface area contributed by atoms with E-state index in [1.54, 1.807) is 30.3 Å². The number of hydrogen-bond donors (Lipinski definition) is 5. The molecule has 9 heteroatoms. The lowest BCUT2D eigenvalue weighted by Crippen LogP contribution is -2.41. The van der Waals surface area contributed by atoms with E-state index in [9.17, 15) is 9.90 Å². The van der Waals surface area contributed by atoms with Gasteiger partial charge < -0.3 is 25.8 Å². The summed E-state index contributed by atoms with van der Waals surface area (Å²) in [5.74, 6) is -0.239. The molecule has 1 amide bonds. The van der Waals surface area contributed by atoms with Crippen LogP contribution in [-0.4, -0.2) is 50.4 Å². The first-order chi connectivity index (χ1) is 14.5. The highest BCUT2D eigenvalue weighted by molar-refractivity contribution is 6.15. The number of ether oxygens (including phenoxy) is 1. The second-order valence-corrected chi connectivity index (χ2v) is 7.33. The molecule has 2 aliphatic heterocycles. The van der Waals surface area contributed by atoms with Gasteiger partial charge in [0.1, 0.15) is 12.1 Å². The first-order valence-electron chi connectivity index (χ1n) is 9.67. The summed E-state index contributed by atoms with van der Waals surface area (Å²) in [7, 11) is 0. The molecule has 0 spiro atoms. The molecule has 0 bridgehead atoms. The molecule has 9 nitrogen and oxygen atoms in total. The zero-order valence-corrected chi connectivity index (χ0v) is 16.5. The van der Waals surface area contributed by atoms with Crippen molar-refractivity contribution in [3.8, 4) is 0 Å². The van der Waals surface area contributed by atoms with Crippen LogP contribution < -0.4 is 11.1 Å². The minimum absolute atomic E-state index is 0.149. The zero-order chi connectivity index (χ0) is 21.3. The highest BCUT2D eigenvalue weighted by atomic mass is 16.5. The third-order valence-corrected chi connectivity index (χ3v) is 5.18. The Morgan fingerprint density at radius 2 is 2.17 bits per heavy atom. The Morgan fingerprint density at radius 3 is 2.83 bits per heavy atom. The lowest BCUT2D eigenvalue weighted by Gasteiger charge is -2.24. The highest BCUT2D eigenvalue weighted by Crippen LogP contribution is 2.36. The standard InChI is InChI=1S/C21H24N6O3/c1-12(22)18-14(15-7-8-25-26-15)11-27(20(18)23)17-9-16(28)19(30-17)21(29)24-10-13-5-3-2-4-6-13/h2-8,11,16-17,19,23,28H,9-10,22H2,1H3,(H,24,29)(H,25,26)/b18-12-,23-20?/t16-,17+,19-/m0/s1. The molecule has 1 fully saturated rings. The van der Waals surface area contributed by atoms with Crippen LogP contribution in [0, 0.1) is 5.41 Å². The first-order valence-corrected chi connectivity index (χ1v) is 9.67. The number of H-pyrrole nitrogens is 1. The fraction of sp³-hybridized carbons (Fsp3) is 0.286. The average molecular weight is 408 g/mol. The van der Waals surface area contributed by atoms with Gasteiger partial charge in [0.05, 0.1) is 11.8 Å². The van der Waals surface area contributed by atoms with Gasteiger partial charge in [0.15, 0.2) is 6.10 Å². The molecule has 1 saturated heterocycles. The Kier molecular flexibility index (Phi) is 5.39. The Labute approximate surface area is 173 Å². The molecule has 2 aliphatic rings. The van der Waals surface area contributed by atoms with Gasteiger partial charge in [-0.25, -0.2) is 0 Å². The number of nitrogens with zero attached hydrogens (tertiary/aromatic N) is 2. The fourth-order valence-corrected chi connectivity index (χ4v) is 3.70. The molecule has 1 aromatic carbocycles. The molecule has 3 heterocycles. The normalized spacial score (nSPS) is 25.4. The lowest BCUT2D eigenvalue weighted by atomic mass is 10.0. The molecule has 2 aromatic rings. The summed E-state index contributed by atoms with van der Waals surface area (Å²) in [6.45, 7) is 2.07. The summed E-state index contributed by atoms with van der Waals surface area (Å²) < 4.78 is 5.86. The molecule has 4 rings (SSSR count). The summed E-state index contributed by atoms with van der Waals surface area (Å²) in [6.07, 6.45) is 0.951. The molecular formula is C21H24N6O3. The quantitative estimate of drug-likeness (QED) is 0.501. The maximum atomic E-state index is 12.6. The van der Waals surface area contributed by atoms with E-state index < -0.39 is 18.4 Å². The Balaban J connectivity index is 1.48. The van der Waals surface area contributed by atoms with Gasteiger partial charge in [-0.1, -0.05) is 30.3 Å². The number of benzene rings is 1. The van der Waals surface area contributed by atoms with E-state index in [0.29, 0.717) is 29.1 Å². The van der Waals surface area contributed by atoms with Crippen LogP contribution in [0.5, 0.6) is 0 Å². The SMILES string of the molecule is C/C(N)=C1/C(=N)N([C@H]2C[C@H](O)[C@@H](C(=O)NCc3ccccc3)O2)C=C1c1cc[nH]n1. The number of amides is 1. The number of amidine groups is 1. The van der Waals surface area contributed by atoms with E-state index in [1.807, 2.05) is 30.3 Å². The number of aliphatic hydroxyl groups is 1. The zero-order valence-electron chi connectivity index (χ0n) is 16.5. The van der Waals surface area contributed by atoms with Gasteiger partial charge in [0.2, 0.25) is 0 Å². The third kappa shape index (κ3) is 3.72. The van der Waals surface area contributed by atoms with Crippen LogP contribution in [0.25, 0.3) is 5.57 Å². The van der Waals surface area contributed by atoms with Crippen molar-refractivity contribution in [2.75, 3.05) is 0 Å². The first kappa shape index (κ1) is 19.9. The lowest BCUT2D eigenvalue weighted by molar-refractivity contribution is -0.138. The van der Waals surface area contributed by atoms with E-state index in [1.165, 1.54) is 0 Å².